The second-order valence-electron chi connectivity index (χ2n) is 4.77. The van der Waals surface area contributed by atoms with Crippen LogP contribution < -0.4 is 5.32 Å². The van der Waals surface area contributed by atoms with Gasteiger partial charge in [-0.15, -0.1) is 0 Å². The monoisotopic (exact) mass is 218 g/mol. The molecule has 2 atom stereocenters. The second-order valence-corrected chi connectivity index (χ2v) is 4.77. The number of aryl methyl sites for hydroxylation is 2. The molecule has 3 heteroatoms. The first-order valence-electron chi connectivity index (χ1n) is 6.20. The van der Waals surface area contributed by atoms with E-state index in [1.54, 1.807) is 0 Å². The third-order valence-electron chi connectivity index (χ3n) is 3.64. The Balaban J connectivity index is 1.75. The van der Waals surface area contributed by atoms with Gasteiger partial charge in [-0.2, -0.15) is 0 Å². The number of nitrogens with zero attached hydrogens (tertiary/aromatic N) is 1. The summed E-state index contributed by atoms with van der Waals surface area (Å²) in [5.41, 5.74) is 2.72. The van der Waals surface area contributed by atoms with Gasteiger partial charge in [-0.25, -0.2) is 4.98 Å². The van der Waals surface area contributed by atoms with E-state index in [-0.39, 0.29) is 0 Å². The van der Waals surface area contributed by atoms with Gasteiger partial charge >= 0.3 is 0 Å². The fraction of sp³-hybridized carbons (Fsp3) is 0.615. The zero-order valence-electron chi connectivity index (χ0n) is 9.70. The van der Waals surface area contributed by atoms with E-state index in [9.17, 15) is 0 Å². The molecule has 0 bridgehead atoms. The SMILES string of the molecule is CC1OCCC1Nc1ccc2c(n1)CCC2. The van der Waals surface area contributed by atoms with Crippen LogP contribution in [0.2, 0.25) is 0 Å². The lowest BCUT2D eigenvalue weighted by molar-refractivity contribution is 0.121. The minimum atomic E-state index is 0.301. The molecule has 3 nitrogen and oxygen atoms in total. The molecule has 2 aliphatic rings. The summed E-state index contributed by atoms with van der Waals surface area (Å²) >= 11 is 0. The first kappa shape index (κ1) is 10.1. The van der Waals surface area contributed by atoms with Gasteiger partial charge in [0.05, 0.1) is 12.1 Å². The Morgan fingerprint density at radius 1 is 1.38 bits per heavy atom. The molecule has 1 aliphatic carbocycles. The van der Waals surface area contributed by atoms with E-state index in [4.69, 9.17) is 4.74 Å². The molecule has 2 unspecified atom stereocenters. The summed E-state index contributed by atoms with van der Waals surface area (Å²) in [4.78, 5) is 4.68. The summed E-state index contributed by atoms with van der Waals surface area (Å²) < 4.78 is 5.54. The summed E-state index contributed by atoms with van der Waals surface area (Å²) in [6.07, 6.45) is 4.98. The summed E-state index contributed by atoms with van der Waals surface area (Å²) in [5, 5.41) is 3.48. The van der Waals surface area contributed by atoms with Crippen molar-refractivity contribution < 1.29 is 4.74 Å². The van der Waals surface area contributed by atoms with Crippen LogP contribution >= 0.6 is 0 Å². The highest BCUT2D eigenvalue weighted by Crippen LogP contribution is 2.23. The minimum absolute atomic E-state index is 0.301. The first-order chi connectivity index (χ1) is 7.83. The molecule has 0 radical (unpaired) electrons. The van der Waals surface area contributed by atoms with Crippen molar-refractivity contribution in [1.82, 2.24) is 4.98 Å². The van der Waals surface area contributed by atoms with Gasteiger partial charge in [-0.3, -0.25) is 0 Å². The van der Waals surface area contributed by atoms with Gasteiger partial charge in [0.15, 0.2) is 0 Å². The molecule has 16 heavy (non-hydrogen) atoms. The predicted octanol–water partition coefficient (Wildman–Crippen LogP) is 2.16. The van der Waals surface area contributed by atoms with Gasteiger partial charge in [0.2, 0.25) is 0 Å². The zero-order chi connectivity index (χ0) is 11.0. The third-order valence-corrected chi connectivity index (χ3v) is 3.64. The molecule has 0 saturated carbocycles. The molecular formula is C13H18N2O. The molecule has 1 aromatic heterocycles. The highest BCUT2D eigenvalue weighted by molar-refractivity contribution is 5.41. The number of hydrogen-bond donors (Lipinski definition) is 1. The molecule has 1 aromatic rings. The smallest absolute Gasteiger partial charge is 0.126 e. The van der Waals surface area contributed by atoms with Crippen LogP contribution in [0, 0.1) is 0 Å². The molecule has 0 amide bonds. The fourth-order valence-corrected chi connectivity index (χ4v) is 2.61. The van der Waals surface area contributed by atoms with Crippen molar-refractivity contribution >= 4 is 5.82 Å². The van der Waals surface area contributed by atoms with Gasteiger partial charge in [0.1, 0.15) is 5.82 Å². The average molecular weight is 218 g/mol. The maximum atomic E-state index is 5.54. The van der Waals surface area contributed by atoms with Gasteiger partial charge in [0, 0.05) is 12.3 Å². The number of fused-ring (bicyclic) bond motifs is 1. The van der Waals surface area contributed by atoms with E-state index < -0.39 is 0 Å². The lowest BCUT2D eigenvalue weighted by Gasteiger charge is -2.17. The Bertz CT molecular complexity index is 392. The Morgan fingerprint density at radius 3 is 3.12 bits per heavy atom. The highest BCUT2D eigenvalue weighted by atomic mass is 16.5. The largest absolute Gasteiger partial charge is 0.376 e. The molecular weight excluding hydrogens is 200 g/mol. The fourth-order valence-electron chi connectivity index (χ4n) is 2.61. The number of pyridine rings is 1. The second kappa shape index (κ2) is 4.06. The van der Waals surface area contributed by atoms with Crippen molar-refractivity contribution in [2.75, 3.05) is 11.9 Å². The number of aromatic nitrogens is 1. The van der Waals surface area contributed by atoms with Crippen LogP contribution in [0.3, 0.4) is 0 Å². The van der Waals surface area contributed by atoms with E-state index in [1.165, 1.54) is 24.1 Å². The van der Waals surface area contributed by atoms with Gasteiger partial charge in [-0.05, 0) is 44.2 Å². The normalized spacial score (nSPS) is 28.1. The van der Waals surface area contributed by atoms with E-state index >= 15 is 0 Å². The molecule has 2 heterocycles. The maximum absolute atomic E-state index is 5.54. The van der Waals surface area contributed by atoms with Crippen molar-refractivity contribution in [1.29, 1.82) is 0 Å². The average Bonchev–Trinajstić information content (AvgIpc) is 2.88. The number of ether oxygens (including phenoxy) is 1. The van der Waals surface area contributed by atoms with E-state index in [0.29, 0.717) is 12.1 Å². The van der Waals surface area contributed by atoms with Crippen LogP contribution in [0.5, 0.6) is 0 Å². The van der Waals surface area contributed by atoms with Gasteiger partial charge in [-0.1, -0.05) is 6.07 Å². The van der Waals surface area contributed by atoms with E-state index in [0.717, 1.165) is 25.3 Å². The molecule has 1 fully saturated rings. The molecule has 86 valence electrons. The number of hydrogen-bond acceptors (Lipinski definition) is 3. The highest BCUT2D eigenvalue weighted by Gasteiger charge is 2.24. The molecule has 0 aromatic carbocycles. The quantitative estimate of drug-likeness (QED) is 0.826. The molecule has 0 spiro atoms. The summed E-state index contributed by atoms with van der Waals surface area (Å²) in [7, 11) is 0. The lowest BCUT2D eigenvalue weighted by Crippen LogP contribution is -2.27. The zero-order valence-corrected chi connectivity index (χ0v) is 9.70. The Kier molecular flexibility index (Phi) is 2.56. The van der Waals surface area contributed by atoms with Crippen LogP contribution in [-0.4, -0.2) is 23.7 Å². The van der Waals surface area contributed by atoms with Crippen molar-refractivity contribution in [2.24, 2.45) is 0 Å². The van der Waals surface area contributed by atoms with E-state index in [2.05, 4.69) is 29.4 Å². The van der Waals surface area contributed by atoms with Crippen LogP contribution in [0.4, 0.5) is 5.82 Å². The topological polar surface area (TPSA) is 34.1 Å². The summed E-state index contributed by atoms with van der Waals surface area (Å²) in [6, 6.07) is 4.75. The summed E-state index contributed by atoms with van der Waals surface area (Å²) in [6.45, 7) is 2.99. The third kappa shape index (κ3) is 1.80. The molecule has 1 saturated heterocycles. The molecule has 1 aliphatic heterocycles. The first-order valence-corrected chi connectivity index (χ1v) is 6.20. The number of rotatable bonds is 2. The van der Waals surface area contributed by atoms with Crippen LogP contribution in [-0.2, 0) is 17.6 Å². The standard InChI is InChI=1S/C13H18N2O/c1-9-11(7-8-16-9)14-13-6-5-10-3-2-4-12(10)15-13/h5-6,9,11H,2-4,7-8H2,1H3,(H,14,15). The Hall–Kier alpha value is -1.09. The number of anilines is 1. The van der Waals surface area contributed by atoms with Gasteiger partial charge < -0.3 is 10.1 Å². The van der Waals surface area contributed by atoms with E-state index in [1.807, 2.05) is 0 Å². The molecule has 3 rings (SSSR count). The Morgan fingerprint density at radius 2 is 2.31 bits per heavy atom. The minimum Gasteiger partial charge on any atom is -0.376 e. The van der Waals surface area contributed by atoms with Crippen molar-refractivity contribution in [3.8, 4) is 0 Å². The van der Waals surface area contributed by atoms with Crippen molar-refractivity contribution in [3.05, 3.63) is 23.4 Å². The van der Waals surface area contributed by atoms with Crippen molar-refractivity contribution in [2.45, 2.75) is 44.8 Å². The van der Waals surface area contributed by atoms with Crippen LogP contribution in [0.1, 0.15) is 31.0 Å². The predicted molar refractivity (Wildman–Crippen MR) is 63.7 cm³/mol. The molecule has 1 N–H and O–H groups in total. The van der Waals surface area contributed by atoms with Crippen molar-refractivity contribution in [3.63, 3.8) is 0 Å². The summed E-state index contributed by atoms with van der Waals surface area (Å²) in [5.74, 6) is 1.02. The van der Waals surface area contributed by atoms with Crippen LogP contribution in [0.25, 0.3) is 0 Å². The Labute approximate surface area is 96.2 Å². The maximum Gasteiger partial charge on any atom is 0.126 e. The lowest BCUT2D eigenvalue weighted by atomic mass is 10.1. The van der Waals surface area contributed by atoms with Gasteiger partial charge in [0.25, 0.3) is 0 Å². The number of nitrogens with one attached hydrogen (secondary N) is 1. The van der Waals surface area contributed by atoms with Crippen LogP contribution in [0.15, 0.2) is 12.1 Å².